The van der Waals surface area contributed by atoms with E-state index in [4.69, 9.17) is 0 Å². The van der Waals surface area contributed by atoms with Crippen LogP contribution in [-0.2, 0) is 10.2 Å². The van der Waals surface area contributed by atoms with Crippen LogP contribution in [0.3, 0.4) is 0 Å². The highest BCUT2D eigenvalue weighted by Gasteiger charge is 2.45. The summed E-state index contributed by atoms with van der Waals surface area (Å²) in [6.07, 6.45) is 5.44. The largest absolute Gasteiger partial charge is 0.355 e. The molecule has 1 saturated heterocycles. The number of benzene rings is 1. The molecule has 0 radical (unpaired) electrons. The third kappa shape index (κ3) is 3.16. The summed E-state index contributed by atoms with van der Waals surface area (Å²) < 4.78 is 1.06. The molecule has 1 atom stereocenters. The smallest absolute Gasteiger partial charge is 0.230 e. The minimum absolute atomic E-state index is 0.224. The van der Waals surface area contributed by atoms with Crippen molar-refractivity contribution < 1.29 is 4.79 Å². The topological polar surface area (TPSA) is 41.1 Å². The predicted octanol–water partition coefficient (Wildman–Crippen LogP) is 2.99. The van der Waals surface area contributed by atoms with E-state index in [9.17, 15) is 4.79 Å². The number of carbonyl (C=O) groups is 1. The van der Waals surface area contributed by atoms with Crippen LogP contribution in [0, 0.1) is 5.92 Å². The van der Waals surface area contributed by atoms with Gasteiger partial charge in [0.15, 0.2) is 0 Å². The van der Waals surface area contributed by atoms with Crippen LogP contribution in [-0.4, -0.2) is 25.5 Å². The van der Waals surface area contributed by atoms with Crippen molar-refractivity contribution >= 4 is 21.8 Å². The molecule has 0 spiro atoms. The van der Waals surface area contributed by atoms with E-state index in [1.54, 1.807) is 0 Å². The molecule has 1 amide bonds. The Kier molecular flexibility index (Phi) is 4.65. The average molecular weight is 351 g/mol. The van der Waals surface area contributed by atoms with Crippen molar-refractivity contribution in [1.29, 1.82) is 0 Å². The Hall–Kier alpha value is -0.870. The summed E-state index contributed by atoms with van der Waals surface area (Å²) in [5, 5.41) is 6.56. The van der Waals surface area contributed by atoms with Crippen molar-refractivity contribution in [3.8, 4) is 0 Å². The lowest BCUT2D eigenvalue weighted by molar-refractivity contribution is -0.129. The number of rotatable bonds is 5. The second-order valence-electron chi connectivity index (χ2n) is 6.35. The van der Waals surface area contributed by atoms with Crippen LogP contribution in [0.4, 0.5) is 0 Å². The second-order valence-corrected chi connectivity index (χ2v) is 7.26. The van der Waals surface area contributed by atoms with Crippen LogP contribution in [0.2, 0.25) is 0 Å². The fourth-order valence-corrected chi connectivity index (χ4v) is 3.73. The van der Waals surface area contributed by atoms with Gasteiger partial charge in [-0.2, -0.15) is 0 Å². The van der Waals surface area contributed by atoms with Crippen LogP contribution in [0.5, 0.6) is 0 Å². The molecule has 21 heavy (non-hydrogen) atoms. The fraction of sp³-hybridized carbons (Fsp3) is 0.588. The van der Waals surface area contributed by atoms with Gasteiger partial charge in [-0.25, -0.2) is 0 Å². The van der Waals surface area contributed by atoms with E-state index in [1.807, 2.05) is 12.1 Å². The maximum Gasteiger partial charge on any atom is 0.230 e. The third-order valence-corrected chi connectivity index (χ3v) is 5.57. The Labute approximate surface area is 135 Å². The molecule has 1 aliphatic carbocycles. The lowest BCUT2D eigenvalue weighted by atomic mass is 9.64. The van der Waals surface area contributed by atoms with Gasteiger partial charge in [0.05, 0.1) is 5.41 Å². The lowest BCUT2D eigenvalue weighted by Crippen LogP contribution is -2.49. The minimum Gasteiger partial charge on any atom is -0.355 e. The van der Waals surface area contributed by atoms with Crippen molar-refractivity contribution in [3.05, 3.63) is 34.3 Å². The molecule has 1 heterocycles. The normalized spacial score (nSPS) is 23.6. The number of carbonyl (C=O) groups excluding carboxylic acids is 1. The number of hydrogen-bond donors (Lipinski definition) is 2. The van der Waals surface area contributed by atoms with Gasteiger partial charge in [-0.15, -0.1) is 0 Å². The van der Waals surface area contributed by atoms with Crippen LogP contribution in [0.1, 0.15) is 37.7 Å². The Bertz CT molecular complexity index is 490. The number of nitrogens with one attached hydrogen (secondary N) is 2. The minimum atomic E-state index is -0.269. The molecule has 114 valence electrons. The molecule has 1 saturated carbocycles. The van der Waals surface area contributed by atoms with E-state index in [1.165, 1.54) is 6.42 Å². The molecule has 1 aliphatic heterocycles. The molecule has 0 bridgehead atoms. The standard InChI is InChI=1S/C17H23BrN2O/c18-15-4-2-14(3-5-15)17(8-1-9-17)16(21)20-11-7-13-6-10-19-12-13/h2-5,13,19H,1,6-12H2,(H,20,21). The Balaban J connectivity index is 1.59. The Morgan fingerprint density at radius 2 is 2.10 bits per heavy atom. The van der Waals surface area contributed by atoms with Crippen LogP contribution in [0.25, 0.3) is 0 Å². The number of halogens is 1. The molecule has 0 aromatic heterocycles. The van der Waals surface area contributed by atoms with E-state index in [2.05, 4.69) is 38.7 Å². The van der Waals surface area contributed by atoms with Crippen molar-refractivity contribution in [2.24, 2.45) is 5.92 Å². The van der Waals surface area contributed by atoms with Gasteiger partial charge in [0.25, 0.3) is 0 Å². The SMILES string of the molecule is O=C(NCCC1CCNC1)C1(c2ccc(Br)cc2)CCC1. The number of hydrogen-bond acceptors (Lipinski definition) is 2. The van der Waals surface area contributed by atoms with Crippen LogP contribution < -0.4 is 10.6 Å². The first-order valence-electron chi connectivity index (χ1n) is 7.96. The number of amides is 1. The highest BCUT2D eigenvalue weighted by molar-refractivity contribution is 9.10. The Morgan fingerprint density at radius 1 is 1.33 bits per heavy atom. The summed E-state index contributed by atoms with van der Waals surface area (Å²) in [5.74, 6) is 0.956. The van der Waals surface area contributed by atoms with Crippen molar-refractivity contribution in [1.82, 2.24) is 10.6 Å². The fourth-order valence-electron chi connectivity index (χ4n) is 3.47. The van der Waals surface area contributed by atoms with Crippen molar-refractivity contribution in [2.75, 3.05) is 19.6 Å². The van der Waals surface area contributed by atoms with Gasteiger partial charge >= 0.3 is 0 Å². The van der Waals surface area contributed by atoms with Gasteiger partial charge in [-0.1, -0.05) is 34.5 Å². The van der Waals surface area contributed by atoms with E-state index in [-0.39, 0.29) is 11.3 Å². The molecule has 1 unspecified atom stereocenters. The summed E-state index contributed by atoms with van der Waals surface area (Å²) in [4.78, 5) is 12.7. The van der Waals surface area contributed by atoms with Gasteiger partial charge in [-0.05, 0) is 62.4 Å². The molecule has 1 aromatic carbocycles. The van der Waals surface area contributed by atoms with Crippen molar-refractivity contribution in [3.63, 3.8) is 0 Å². The molecule has 2 aliphatic rings. The summed E-state index contributed by atoms with van der Waals surface area (Å²) in [7, 11) is 0. The van der Waals surface area contributed by atoms with Gasteiger partial charge in [-0.3, -0.25) is 4.79 Å². The molecule has 1 aromatic rings. The van der Waals surface area contributed by atoms with Crippen molar-refractivity contribution in [2.45, 2.75) is 37.5 Å². The average Bonchev–Trinajstić information content (AvgIpc) is 2.93. The first kappa shape index (κ1) is 15.0. The monoisotopic (exact) mass is 350 g/mol. The second kappa shape index (κ2) is 6.49. The highest BCUT2D eigenvalue weighted by atomic mass is 79.9. The predicted molar refractivity (Wildman–Crippen MR) is 88.3 cm³/mol. The van der Waals surface area contributed by atoms with E-state index >= 15 is 0 Å². The summed E-state index contributed by atoms with van der Waals surface area (Å²) in [6, 6.07) is 8.24. The molecule has 3 rings (SSSR count). The zero-order chi connectivity index (χ0) is 14.7. The molecular weight excluding hydrogens is 328 g/mol. The first-order chi connectivity index (χ1) is 10.2. The third-order valence-electron chi connectivity index (χ3n) is 5.04. The maximum absolute atomic E-state index is 12.7. The molecular formula is C17H23BrN2O. The molecule has 3 nitrogen and oxygen atoms in total. The quantitative estimate of drug-likeness (QED) is 0.856. The molecule has 2 N–H and O–H groups in total. The summed E-state index contributed by atoms with van der Waals surface area (Å²) in [5.41, 5.74) is 0.895. The lowest BCUT2D eigenvalue weighted by Gasteiger charge is -2.40. The van der Waals surface area contributed by atoms with Gasteiger partial charge in [0.1, 0.15) is 0 Å². The van der Waals surface area contributed by atoms with Crippen LogP contribution >= 0.6 is 15.9 Å². The van der Waals surface area contributed by atoms with Gasteiger partial charge in [0.2, 0.25) is 5.91 Å². The molecule has 2 fully saturated rings. The van der Waals surface area contributed by atoms with E-state index < -0.39 is 0 Å². The van der Waals surface area contributed by atoms with Crippen LogP contribution in [0.15, 0.2) is 28.7 Å². The van der Waals surface area contributed by atoms with E-state index in [0.29, 0.717) is 0 Å². The van der Waals surface area contributed by atoms with Gasteiger partial charge < -0.3 is 10.6 Å². The summed E-state index contributed by atoms with van der Waals surface area (Å²) in [6.45, 7) is 3.04. The van der Waals surface area contributed by atoms with Gasteiger partial charge in [0, 0.05) is 11.0 Å². The van der Waals surface area contributed by atoms with E-state index in [0.717, 1.165) is 61.3 Å². The zero-order valence-corrected chi connectivity index (χ0v) is 13.9. The molecule has 4 heteroatoms. The first-order valence-corrected chi connectivity index (χ1v) is 8.75. The maximum atomic E-state index is 12.7. The summed E-state index contributed by atoms with van der Waals surface area (Å²) >= 11 is 3.46. The Morgan fingerprint density at radius 3 is 2.67 bits per heavy atom. The highest BCUT2D eigenvalue weighted by Crippen LogP contribution is 2.44. The zero-order valence-electron chi connectivity index (χ0n) is 12.3.